The summed E-state index contributed by atoms with van der Waals surface area (Å²) in [5, 5.41) is 3.78. The maximum absolute atomic E-state index is 5.31. The van der Waals surface area contributed by atoms with E-state index in [0.717, 1.165) is 36.0 Å². The number of nitrogens with zero attached hydrogens (tertiary/aromatic N) is 3. The van der Waals surface area contributed by atoms with Crippen molar-refractivity contribution in [1.82, 2.24) is 15.0 Å². The zero-order valence-electron chi connectivity index (χ0n) is 31.5. The van der Waals surface area contributed by atoms with Crippen molar-refractivity contribution in [2.75, 3.05) is 0 Å². The molecule has 1 unspecified atom stereocenters. The van der Waals surface area contributed by atoms with E-state index >= 15 is 0 Å². The third-order valence-electron chi connectivity index (χ3n) is 12.1. The molecule has 5 heteroatoms. The van der Waals surface area contributed by atoms with Crippen molar-refractivity contribution in [3.8, 4) is 56.4 Å². The monoisotopic (exact) mass is 777 g/mol. The highest BCUT2D eigenvalue weighted by atomic mass is 32.1. The van der Waals surface area contributed by atoms with Crippen molar-refractivity contribution < 1.29 is 0 Å². The van der Waals surface area contributed by atoms with Gasteiger partial charge in [-0.1, -0.05) is 151 Å². The van der Waals surface area contributed by atoms with Crippen LogP contribution in [0.5, 0.6) is 0 Å². The zero-order valence-corrected chi connectivity index (χ0v) is 33.2. The molecule has 0 bridgehead atoms. The van der Waals surface area contributed by atoms with E-state index in [1.165, 1.54) is 79.7 Å². The van der Waals surface area contributed by atoms with E-state index in [-0.39, 0.29) is 0 Å². The molecule has 0 N–H and O–H groups in total. The highest BCUT2D eigenvalue weighted by molar-refractivity contribution is 7.26. The van der Waals surface area contributed by atoms with Crippen molar-refractivity contribution in [2.45, 2.75) is 25.2 Å². The number of rotatable bonds is 5. The first-order valence-corrected chi connectivity index (χ1v) is 21.6. The first-order chi connectivity index (χ1) is 28.7. The number of allylic oxidation sites excluding steroid dienone is 1. The molecule has 0 aliphatic heterocycles. The van der Waals surface area contributed by atoms with Gasteiger partial charge in [-0.15, -0.1) is 22.7 Å². The highest BCUT2D eigenvalue weighted by Gasteiger charge is 2.30. The Hall–Kier alpha value is -6.53. The summed E-state index contributed by atoms with van der Waals surface area (Å²) >= 11 is 3.72. The lowest BCUT2D eigenvalue weighted by atomic mass is 9.73. The van der Waals surface area contributed by atoms with Crippen molar-refractivity contribution in [2.24, 2.45) is 0 Å². The van der Waals surface area contributed by atoms with Crippen molar-refractivity contribution >= 4 is 59.0 Å². The maximum Gasteiger partial charge on any atom is 0.165 e. The summed E-state index contributed by atoms with van der Waals surface area (Å²) in [6.45, 7) is 0. The molecule has 274 valence electrons. The lowest BCUT2D eigenvalue weighted by molar-refractivity contribution is 0.726. The van der Waals surface area contributed by atoms with Crippen LogP contribution in [0.3, 0.4) is 0 Å². The minimum absolute atomic E-state index is 0.341. The second-order valence-electron chi connectivity index (χ2n) is 15.4. The van der Waals surface area contributed by atoms with Crippen LogP contribution in [0.25, 0.3) is 92.8 Å². The van der Waals surface area contributed by atoms with Gasteiger partial charge in [0.1, 0.15) is 0 Å². The average molecular weight is 778 g/mol. The number of hydrogen-bond acceptors (Lipinski definition) is 5. The topological polar surface area (TPSA) is 38.7 Å². The van der Waals surface area contributed by atoms with Gasteiger partial charge in [0.15, 0.2) is 17.5 Å². The molecule has 3 heterocycles. The van der Waals surface area contributed by atoms with Gasteiger partial charge in [-0.25, -0.2) is 15.0 Å². The number of fused-ring (bicyclic) bond motifs is 9. The Balaban J connectivity index is 0.972. The molecule has 2 aliphatic carbocycles. The molecule has 0 spiro atoms. The summed E-state index contributed by atoms with van der Waals surface area (Å²) in [4.78, 5) is 17.1. The molecule has 3 nitrogen and oxygen atoms in total. The van der Waals surface area contributed by atoms with E-state index in [9.17, 15) is 0 Å². The summed E-state index contributed by atoms with van der Waals surface area (Å²) in [5.41, 5.74) is 14.1. The normalized spacial score (nSPS) is 14.6. The Bertz CT molecular complexity index is 3270. The molecule has 58 heavy (non-hydrogen) atoms. The highest BCUT2D eigenvalue weighted by Crippen LogP contribution is 2.49. The van der Waals surface area contributed by atoms with Crippen LogP contribution in [-0.2, 0) is 12.8 Å². The molecule has 0 radical (unpaired) electrons. The van der Waals surface area contributed by atoms with Gasteiger partial charge in [-0.2, -0.15) is 0 Å². The minimum atomic E-state index is 0.341. The number of benzene rings is 7. The fourth-order valence-corrected chi connectivity index (χ4v) is 11.8. The Morgan fingerprint density at radius 3 is 1.90 bits per heavy atom. The Labute approximate surface area is 344 Å². The Morgan fingerprint density at radius 1 is 0.448 bits per heavy atom. The van der Waals surface area contributed by atoms with Crippen molar-refractivity contribution in [3.63, 3.8) is 0 Å². The molecular formula is C53H35N3S2. The largest absolute Gasteiger partial charge is 0.208 e. The van der Waals surface area contributed by atoms with Crippen LogP contribution in [0.4, 0.5) is 0 Å². The molecule has 3 aromatic heterocycles. The van der Waals surface area contributed by atoms with Gasteiger partial charge in [0.2, 0.25) is 0 Å². The Kier molecular flexibility index (Phi) is 7.85. The number of aryl methyl sites for hydroxylation is 1. The second kappa shape index (κ2) is 13.6. The fraction of sp³-hybridized carbons (Fsp3) is 0.0755. The van der Waals surface area contributed by atoms with Gasteiger partial charge in [0.25, 0.3) is 0 Å². The zero-order chi connectivity index (χ0) is 38.2. The SMILES string of the molecule is C1=C(C2Cc3ccc(-c4ccccc4)cc3-c3ccccc32)CCc2sc3c(-c4nc(-c5ccccc5)nc(-c5cccc6c5sc5ccccc56)n4)cccc3c21. The van der Waals surface area contributed by atoms with Crippen LogP contribution in [0.15, 0.2) is 169 Å². The summed E-state index contributed by atoms with van der Waals surface area (Å²) in [5.74, 6) is 2.44. The first kappa shape index (κ1) is 33.6. The molecule has 0 saturated carbocycles. The summed E-state index contributed by atoms with van der Waals surface area (Å²) in [6, 6.07) is 59.0. The van der Waals surface area contributed by atoms with E-state index in [4.69, 9.17) is 15.0 Å². The average Bonchev–Trinajstić information content (AvgIpc) is 3.87. The smallest absolute Gasteiger partial charge is 0.165 e. The number of thiophene rings is 2. The molecule has 7 aromatic carbocycles. The van der Waals surface area contributed by atoms with Gasteiger partial charge in [0, 0.05) is 57.7 Å². The summed E-state index contributed by atoms with van der Waals surface area (Å²) in [7, 11) is 0. The molecule has 10 aromatic rings. The molecule has 1 atom stereocenters. The number of hydrogen-bond donors (Lipinski definition) is 0. The molecule has 0 amide bonds. The summed E-state index contributed by atoms with van der Waals surface area (Å²) in [6.07, 6.45) is 5.63. The second-order valence-corrected chi connectivity index (χ2v) is 17.5. The van der Waals surface area contributed by atoms with Crippen LogP contribution in [0.1, 0.15) is 33.9 Å². The van der Waals surface area contributed by atoms with E-state index in [0.29, 0.717) is 23.4 Å². The van der Waals surface area contributed by atoms with E-state index in [1.807, 2.05) is 17.4 Å². The standard InChI is InChI=1S/C53H35N3S2/c1-3-13-32(14-4-1)34-25-26-35-30-45(38-18-8-7-17-37(38)44(35)29-34)36-27-28-48-46(31-36)41-21-12-23-43(50(41)58-48)53-55-51(33-15-5-2-6-16-33)54-52(56-53)42-22-11-20-40-39-19-9-10-24-47(39)57-49(40)42/h1-26,29,31,45H,27-28,30H2. The van der Waals surface area contributed by atoms with Crippen LogP contribution in [0, 0.1) is 0 Å². The third kappa shape index (κ3) is 5.49. The molecule has 2 aliphatic rings. The van der Waals surface area contributed by atoms with Crippen molar-refractivity contribution in [3.05, 3.63) is 191 Å². The number of aromatic nitrogens is 3. The first-order valence-electron chi connectivity index (χ1n) is 20.0. The van der Waals surface area contributed by atoms with Crippen LogP contribution >= 0.6 is 22.7 Å². The quantitative estimate of drug-likeness (QED) is 0.175. The molecular weight excluding hydrogens is 743 g/mol. The lowest BCUT2D eigenvalue weighted by Crippen LogP contribution is -2.15. The van der Waals surface area contributed by atoms with E-state index in [2.05, 4.69) is 164 Å². The third-order valence-corrected chi connectivity index (χ3v) is 14.6. The predicted molar refractivity (Wildman–Crippen MR) is 244 cm³/mol. The van der Waals surface area contributed by atoms with Gasteiger partial charge in [0.05, 0.1) is 0 Å². The van der Waals surface area contributed by atoms with Crippen molar-refractivity contribution in [1.29, 1.82) is 0 Å². The predicted octanol–water partition coefficient (Wildman–Crippen LogP) is 14.5. The van der Waals surface area contributed by atoms with Crippen LogP contribution in [-0.4, -0.2) is 15.0 Å². The van der Waals surface area contributed by atoms with Gasteiger partial charge < -0.3 is 0 Å². The van der Waals surface area contributed by atoms with E-state index < -0.39 is 0 Å². The van der Waals surface area contributed by atoms with Crippen LogP contribution in [0.2, 0.25) is 0 Å². The lowest BCUT2D eigenvalue weighted by Gasteiger charge is -2.31. The minimum Gasteiger partial charge on any atom is -0.208 e. The van der Waals surface area contributed by atoms with Gasteiger partial charge >= 0.3 is 0 Å². The van der Waals surface area contributed by atoms with Gasteiger partial charge in [-0.05, 0) is 82.5 Å². The van der Waals surface area contributed by atoms with Gasteiger partial charge in [-0.3, -0.25) is 0 Å². The Morgan fingerprint density at radius 2 is 1.09 bits per heavy atom. The summed E-state index contributed by atoms with van der Waals surface area (Å²) < 4.78 is 3.71. The van der Waals surface area contributed by atoms with Crippen LogP contribution < -0.4 is 0 Å². The molecule has 12 rings (SSSR count). The maximum atomic E-state index is 5.31. The fourth-order valence-electron chi connectivity index (χ4n) is 9.28. The van der Waals surface area contributed by atoms with E-state index in [1.54, 1.807) is 11.3 Å². The molecule has 0 fully saturated rings. The molecule has 0 saturated heterocycles.